The number of rotatable bonds is 6. The fraction of sp³-hybridized carbons (Fsp3) is 0.684. The van der Waals surface area contributed by atoms with E-state index in [0.717, 1.165) is 37.7 Å². The molecule has 1 aliphatic heterocycles. The maximum absolute atomic E-state index is 5.79. The molecule has 1 atom stereocenters. The molecule has 0 bridgehead atoms. The van der Waals surface area contributed by atoms with E-state index in [4.69, 9.17) is 14.2 Å². The maximum Gasteiger partial charge on any atom is 0.203 e. The van der Waals surface area contributed by atoms with Gasteiger partial charge in [0.05, 0.1) is 21.3 Å². The first-order valence-corrected chi connectivity index (χ1v) is 9.03. The predicted octanol–water partition coefficient (Wildman–Crippen LogP) is 2.85. The van der Waals surface area contributed by atoms with Crippen LogP contribution in [-0.2, 0) is 0 Å². The third kappa shape index (κ3) is 3.33. The van der Waals surface area contributed by atoms with Crippen LogP contribution < -0.4 is 19.5 Å². The van der Waals surface area contributed by atoms with E-state index in [2.05, 4.69) is 16.3 Å². The van der Waals surface area contributed by atoms with Crippen LogP contribution in [0.4, 0.5) is 0 Å². The van der Waals surface area contributed by atoms with Crippen LogP contribution in [0, 0.1) is 5.92 Å². The Morgan fingerprint density at radius 2 is 1.62 bits per heavy atom. The average Bonchev–Trinajstić information content (AvgIpc) is 3.16. The number of hydrogen-bond acceptors (Lipinski definition) is 5. The molecule has 1 heterocycles. The number of piperazine rings is 1. The quantitative estimate of drug-likeness (QED) is 0.866. The van der Waals surface area contributed by atoms with Crippen LogP contribution in [0.15, 0.2) is 12.1 Å². The van der Waals surface area contributed by atoms with Gasteiger partial charge in [0, 0.05) is 37.8 Å². The van der Waals surface area contributed by atoms with Crippen molar-refractivity contribution >= 4 is 0 Å². The second-order valence-corrected chi connectivity index (χ2v) is 6.70. The minimum absolute atomic E-state index is 0.393. The fourth-order valence-corrected chi connectivity index (χ4v) is 4.34. The lowest BCUT2D eigenvalue weighted by atomic mass is 9.88. The van der Waals surface area contributed by atoms with Crippen molar-refractivity contribution in [1.29, 1.82) is 0 Å². The largest absolute Gasteiger partial charge is 0.493 e. The molecule has 1 saturated carbocycles. The number of hydrogen-bond donors (Lipinski definition) is 1. The summed E-state index contributed by atoms with van der Waals surface area (Å²) in [5, 5.41) is 3.46. The highest BCUT2D eigenvalue weighted by Gasteiger charge is 2.35. The van der Waals surface area contributed by atoms with Crippen LogP contribution in [0.5, 0.6) is 17.2 Å². The average molecular weight is 334 g/mol. The van der Waals surface area contributed by atoms with E-state index in [-0.39, 0.29) is 0 Å². The number of nitrogens with zero attached hydrogens (tertiary/aromatic N) is 1. The van der Waals surface area contributed by atoms with Crippen LogP contribution in [-0.4, -0.2) is 52.4 Å². The number of methoxy groups -OCH3 is 3. The van der Waals surface area contributed by atoms with Gasteiger partial charge in [-0.05, 0) is 30.9 Å². The van der Waals surface area contributed by atoms with Crippen molar-refractivity contribution in [3.8, 4) is 17.2 Å². The first kappa shape index (κ1) is 17.4. The van der Waals surface area contributed by atoms with E-state index in [0.29, 0.717) is 17.7 Å². The summed E-state index contributed by atoms with van der Waals surface area (Å²) in [4.78, 5) is 2.62. The van der Waals surface area contributed by atoms with E-state index in [9.17, 15) is 0 Å². The van der Waals surface area contributed by atoms with Crippen molar-refractivity contribution in [3.63, 3.8) is 0 Å². The second-order valence-electron chi connectivity index (χ2n) is 6.70. The standard InChI is InChI=1S/C19H30N2O3/c1-22-16-9-8-15(18(23-2)19(16)24-3)17(14-6-4-5-7-14)21-12-10-20-11-13-21/h8-9,14,17,20H,4-7,10-13H2,1-3H3/t17-/m0/s1. The van der Waals surface area contributed by atoms with Crippen molar-refractivity contribution in [2.75, 3.05) is 47.5 Å². The highest BCUT2D eigenvalue weighted by molar-refractivity contribution is 5.57. The van der Waals surface area contributed by atoms with Crippen molar-refractivity contribution in [2.45, 2.75) is 31.7 Å². The molecule has 1 aliphatic carbocycles. The first-order valence-electron chi connectivity index (χ1n) is 9.03. The SMILES string of the molecule is COc1ccc([C@H](C2CCCC2)N2CCNCC2)c(OC)c1OC. The molecule has 0 aromatic heterocycles. The van der Waals surface area contributed by atoms with Gasteiger partial charge in [-0.3, -0.25) is 4.90 Å². The zero-order chi connectivity index (χ0) is 16.9. The molecule has 1 aromatic rings. The number of benzene rings is 1. The van der Waals surface area contributed by atoms with Crippen LogP contribution in [0.1, 0.15) is 37.3 Å². The molecule has 2 fully saturated rings. The van der Waals surface area contributed by atoms with E-state index >= 15 is 0 Å². The van der Waals surface area contributed by atoms with E-state index in [1.165, 1.54) is 31.2 Å². The lowest BCUT2D eigenvalue weighted by Gasteiger charge is -2.39. The monoisotopic (exact) mass is 334 g/mol. The van der Waals surface area contributed by atoms with Gasteiger partial charge < -0.3 is 19.5 Å². The summed E-state index contributed by atoms with van der Waals surface area (Å²) in [5.74, 6) is 2.95. The zero-order valence-electron chi connectivity index (χ0n) is 15.1. The summed E-state index contributed by atoms with van der Waals surface area (Å²) in [6.07, 6.45) is 5.27. The van der Waals surface area contributed by atoms with E-state index < -0.39 is 0 Å². The molecule has 0 radical (unpaired) electrons. The van der Waals surface area contributed by atoms with Crippen LogP contribution in [0.25, 0.3) is 0 Å². The highest BCUT2D eigenvalue weighted by atomic mass is 16.5. The van der Waals surface area contributed by atoms with Crippen molar-refractivity contribution in [1.82, 2.24) is 10.2 Å². The molecule has 5 heteroatoms. The van der Waals surface area contributed by atoms with Crippen LogP contribution in [0.3, 0.4) is 0 Å². The van der Waals surface area contributed by atoms with Gasteiger partial charge in [-0.2, -0.15) is 0 Å². The molecule has 0 spiro atoms. The Bertz CT molecular complexity index is 538. The lowest BCUT2D eigenvalue weighted by molar-refractivity contribution is 0.122. The van der Waals surface area contributed by atoms with Gasteiger partial charge in [0.15, 0.2) is 11.5 Å². The van der Waals surface area contributed by atoms with Gasteiger partial charge in [-0.1, -0.05) is 12.8 Å². The molecule has 2 aliphatic rings. The summed E-state index contributed by atoms with van der Waals surface area (Å²) in [7, 11) is 5.07. The van der Waals surface area contributed by atoms with E-state index in [1.807, 2.05) is 6.07 Å². The first-order chi connectivity index (χ1) is 11.8. The smallest absolute Gasteiger partial charge is 0.203 e. The third-order valence-corrected chi connectivity index (χ3v) is 5.44. The van der Waals surface area contributed by atoms with Crippen LogP contribution in [0.2, 0.25) is 0 Å². The van der Waals surface area contributed by atoms with Crippen molar-refractivity contribution < 1.29 is 14.2 Å². The molecular weight excluding hydrogens is 304 g/mol. The lowest BCUT2D eigenvalue weighted by Crippen LogP contribution is -2.46. The van der Waals surface area contributed by atoms with Gasteiger partial charge in [-0.15, -0.1) is 0 Å². The Morgan fingerprint density at radius 3 is 2.21 bits per heavy atom. The topological polar surface area (TPSA) is 43.0 Å². The van der Waals surface area contributed by atoms with Gasteiger partial charge >= 0.3 is 0 Å². The maximum atomic E-state index is 5.79. The van der Waals surface area contributed by atoms with Crippen LogP contribution >= 0.6 is 0 Å². The summed E-state index contributed by atoms with van der Waals surface area (Å²) in [6.45, 7) is 4.27. The van der Waals surface area contributed by atoms with Crippen molar-refractivity contribution in [2.24, 2.45) is 5.92 Å². The van der Waals surface area contributed by atoms with E-state index in [1.54, 1.807) is 21.3 Å². The summed E-state index contributed by atoms with van der Waals surface area (Å²) >= 11 is 0. The predicted molar refractivity (Wildman–Crippen MR) is 95.2 cm³/mol. The molecular formula is C19H30N2O3. The Morgan fingerprint density at radius 1 is 0.958 bits per heavy atom. The molecule has 1 N–H and O–H groups in total. The minimum atomic E-state index is 0.393. The molecule has 1 saturated heterocycles. The summed E-state index contributed by atoms with van der Waals surface area (Å²) in [5.41, 5.74) is 1.24. The Balaban J connectivity index is 2.02. The molecule has 134 valence electrons. The number of ether oxygens (including phenoxy) is 3. The highest BCUT2D eigenvalue weighted by Crippen LogP contribution is 2.48. The van der Waals surface area contributed by atoms with Crippen molar-refractivity contribution in [3.05, 3.63) is 17.7 Å². The molecule has 1 aromatic carbocycles. The van der Waals surface area contributed by atoms with Gasteiger partial charge in [0.2, 0.25) is 5.75 Å². The normalized spacial score (nSPS) is 20.8. The van der Waals surface area contributed by atoms with Gasteiger partial charge in [0.25, 0.3) is 0 Å². The molecule has 0 unspecified atom stereocenters. The van der Waals surface area contributed by atoms with Gasteiger partial charge in [0.1, 0.15) is 0 Å². The number of nitrogens with one attached hydrogen (secondary N) is 1. The van der Waals surface area contributed by atoms with Gasteiger partial charge in [-0.25, -0.2) is 0 Å². The zero-order valence-corrected chi connectivity index (χ0v) is 15.1. The summed E-state index contributed by atoms with van der Waals surface area (Å²) < 4.78 is 16.9. The third-order valence-electron chi connectivity index (χ3n) is 5.44. The minimum Gasteiger partial charge on any atom is -0.493 e. The molecule has 5 nitrogen and oxygen atoms in total. The molecule has 0 amide bonds. The molecule has 3 rings (SSSR count). The molecule has 24 heavy (non-hydrogen) atoms. The summed E-state index contributed by atoms with van der Waals surface area (Å²) in [6, 6.07) is 4.58. The Kier molecular flexibility index (Phi) is 5.85. The fourth-order valence-electron chi connectivity index (χ4n) is 4.34. The Labute approximate surface area is 145 Å². The second kappa shape index (κ2) is 8.08. The Hall–Kier alpha value is -1.46.